The van der Waals surface area contributed by atoms with Crippen LogP contribution in [-0.2, 0) is 22.4 Å². The van der Waals surface area contributed by atoms with Gasteiger partial charge in [-0.25, -0.2) is 4.98 Å². The average Bonchev–Trinajstić information content (AvgIpc) is 2.84. The molecule has 0 unspecified atom stereocenters. The highest BCUT2D eigenvalue weighted by Crippen LogP contribution is 2.16. The molecule has 0 aliphatic carbocycles. The lowest BCUT2D eigenvalue weighted by molar-refractivity contribution is -0.117. The lowest BCUT2D eigenvalue weighted by Crippen LogP contribution is -2.14. The quantitative estimate of drug-likeness (QED) is 0.856. The van der Waals surface area contributed by atoms with E-state index in [4.69, 9.17) is 5.73 Å². The van der Waals surface area contributed by atoms with Crippen LogP contribution in [0.4, 0.5) is 5.13 Å². The van der Waals surface area contributed by atoms with Gasteiger partial charge in [0.15, 0.2) is 5.13 Å². The molecule has 21 heavy (non-hydrogen) atoms. The fourth-order valence-electron chi connectivity index (χ4n) is 1.82. The van der Waals surface area contributed by atoms with E-state index < -0.39 is 5.91 Å². The van der Waals surface area contributed by atoms with Crippen LogP contribution in [0.5, 0.6) is 0 Å². The molecule has 0 atom stereocenters. The fourth-order valence-corrected chi connectivity index (χ4v) is 2.54. The van der Waals surface area contributed by atoms with E-state index in [1.165, 1.54) is 16.9 Å². The van der Waals surface area contributed by atoms with Crippen molar-refractivity contribution < 1.29 is 9.59 Å². The SMILES string of the molecule is Cc1ccc(CCC(=O)Nc2nc(CC(N)=O)cs2)cc1. The summed E-state index contributed by atoms with van der Waals surface area (Å²) in [6, 6.07) is 8.11. The van der Waals surface area contributed by atoms with E-state index in [0.29, 0.717) is 23.7 Å². The van der Waals surface area contributed by atoms with E-state index in [-0.39, 0.29) is 12.3 Å². The first kappa shape index (κ1) is 15.2. The van der Waals surface area contributed by atoms with Gasteiger partial charge in [-0.2, -0.15) is 0 Å². The highest BCUT2D eigenvalue weighted by Gasteiger charge is 2.08. The van der Waals surface area contributed by atoms with Crippen LogP contribution in [0.25, 0.3) is 0 Å². The summed E-state index contributed by atoms with van der Waals surface area (Å²) in [4.78, 5) is 26.8. The number of primary amides is 1. The molecule has 2 rings (SSSR count). The van der Waals surface area contributed by atoms with Crippen molar-refractivity contribution in [3.05, 3.63) is 46.5 Å². The number of carbonyl (C=O) groups is 2. The van der Waals surface area contributed by atoms with Crippen LogP contribution in [0.1, 0.15) is 23.2 Å². The molecule has 0 saturated heterocycles. The second kappa shape index (κ2) is 6.99. The first-order chi connectivity index (χ1) is 10.0. The standard InChI is InChI=1S/C15H17N3O2S/c1-10-2-4-11(5-3-10)6-7-14(20)18-15-17-12(9-21-15)8-13(16)19/h2-5,9H,6-8H2,1H3,(H2,16,19)(H,17,18,20). The summed E-state index contributed by atoms with van der Waals surface area (Å²) >= 11 is 1.29. The van der Waals surface area contributed by atoms with Gasteiger partial charge in [0, 0.05) is 11.8 Å². The first-order valence-electron chi connectivity index (χ1n) is 6.61. The fraction of sp³-hybridized carbons (Fsp3) is 0.267. The minimum Gasteiger partial charge on any atom is -0.369 e. The van der Waals surface area contributed by atoms with Gasteiger partial charge in [0.2, 0.25) is 11.8 Å². The number of thiazole rings is 1. The summed E-state index contributed by atoms with van der Waals surface area (Å²) in [5, 5.41) is 4.96. The molecular weight excluding hydrogens is 286 g/mol. The molecule has 5 nitrogen and oxygen atoms in total. The Balaban J connectivity index is 1.82. The maximum atomic E-state index is 11.8. The molecule has 2 aromatic rings. The summed E-state index contributed by atoms with van der Waals surface area (Å²) in [6.07, 6.45) is 1.18. The van der Waals surface area contributed by atoms with Crippen molar-refractivity contribution in [2.24, 2.45) is 5.73 Å². The number of amides is 2. The maximum Gasteiger partial charge on any atom is 0.226 e. The van der Waals surface area contributed by atoms with Crippen LogP contribution in [0.15, 0.2) is 29.6 Å². The van der Waals surface area contributed by atoms with Gasteiger partial charge in [0.05, 0.1) is 12.1 Å². The van der Waals surface area contributed by atoms with Gasteiger partial charge in [-0.3, -0.25) is 9.59 Å². The highest BCUT2D eigenvalue weighted by atomic mass is 32.1. The molecule has 1 heterocycles. The molecule has 1 aromatic carbocycles. The van der Waals surface area contributed by atoms with Crippen molar-refractivity contribution in [2.45, 2.75) is 26.2 Å². The third-order valence-corrected chi connectivity index (χ3v) is 3.72. The van der Waals surface area contributed by atoms with E-state index in [0.717, 1.165) is 5.56 Å². The lowest BCUT2D eigenvalue weighted by Gasteiger charge is -2.03. The topological polar surface area (TPSA) is 85.1 Å². The summed E-state index contributed by atoms with van der Waals surface area (Å²) < 4.78 is 0. The number of nitrogens with two attached hydrogens (primary N) is 1. The Bertz CT molecular complexity index is 635. The van der Waals surface area contributed by atoms with E-state index in [1.54, 1.807) is 5.38 Å². The molecule has 0 radical (unpaired) electrons. The Labute approximate surface area is 127 Å². The molecule has 0 spiro atoms. The van der Waals surface area contributed by atoms with Crippen LogP contribution in [0, 0.1) is 6.92 Å². The third-order valence-electron chi connectivity index (χ3n) is 2.91. The maximum absolute atomic E-state index is 11.8. The van der Waals surface area contributed by atoms with Crippen molar-refractivity contribution in [2.75, 3.05) is 5.32 Å². The summed E-state index contributed by atoms with van der Waals surface area (Å²) in [7, 11) is 0. The third kappa shape index (κ3) is 5.00. The van der Waals surface area contributed by atoms with Crippen molar-refractivity contribution >= 4 is 28.3 Å². The number of anilines is 1. The zero-order valence-electron chi connectivity index (χ0n) is 11.8. The van der Waals surface area contributed by atoms with Crippen molar-refractivity contribution in [1.82, 2.24) is 4.98 Å². The molecule has 0 fully saturated rings. The molecular formula is C15H17N3O2S. The molecule has 2 amide bonds. The second-order valence-corrected chi connectivity index (χ2v) is 5.68. The summed E-state index contributed by atoms with van der Waals surface area (Å²) in [5.41, 5.74) is 8.01. The van der Waals surface area contributed by atoms with E-state index in [1.807, 2.05) is 31.2 Å². The Morgan fingerprint density at radius 3 is 2.67 bits per heavy atom. The average molecular weight is 303 g/mol. The van der Waals surface area contributed by atoms with Crippen LogP contribution in [0.2, 0.25) is 0 Å². The minimum absolute atomic E-state index is 0.0875. The molecule has 6 heteroatoms. The highest BCUT2D eigenvalue weighted by molar-refractivity contribution is 7.13. The predicted molar refractivity (Wildman–Crippen MR) is 83.1 cm³/mol. The van der Waals surface area contributed by atoms with Crippen LogP contribution < -0.4 is 11.1 Å². The van der Waals surface area contributed by atoms with Gasteiger partial charge in [0.1, 0.15) is 0 Å². The van der Waals surface area contributed by atoms with Crippen LogP contribution in [0.3, 0.4) is 0 Å². The molecule has 0 saturated carbocycles. The number of rotatable bonds is 6. The van der Waals surface area contributed by atoms with Crippen molar-refractivity contribution in [3.63, 3.8) is 0 Å². The van der Waals surface area contributed by atoms with Gasteiger partial charge >= 0.3 is 0 Å². The van der Waals surface area contributed by atoms with E-state index in [9.17, 15) is 9.59 Å². The number of aryl methyl sites for hydroxylation is 2. The van der Waals surface area contributed by atoms with E-state index in [2.05, 4.69) is 10.3 Å². The summed E-state index contributed by atoms with van der Waals surface area (Å²) in [6.45, 7) is 2.03. The van der Waals surface area contributed by atoms with Gasteiger partial charge < -0.3 is 11.1 Å². The predicted octanol–water partition coefficient (Wildman–Crippen LogP) is 2.05. The number of nitrogens with one attached hydrogen (secondary N) is 1. The van der Waals surface area contributed by atoms with Crippen molar-refractivity contribution in [3.8, 4) is 0 Å². The molecule has 0 bridgehead atoms. The second-order valence-electron chi connectivity index (χ2n) is 4.82. The monoisotopic (exact) mass is 303 g/mol. The number of nitrogens with zero attached hydrogens (tertiary/aromatic N) is 1. The smallest absolute Gasteiger partial charge is 0.226 e. The molecule has 0 aliphatic heterocycles. The van der Waals surface area contributed by atoms with Crippen LogP contribution in [-0.4, -0.2) is 16.8 Å². The largest absolute Gasteiger partial charge is 0.369 e. The Morgan fingerprint density at radius 2 is 2.00 bits per heavy atom. The number of benzene rings is 1. The molecule has 110 valence electrons. The van der Waals surface area contributed by atoms with Gasteiger partial charge in [-0.05, 0) is 18.9 Å². The Morgan fingerprint density at radius 1 is 1.29 bits per heavy atom. The number of hydrogen-bond acceptors (Lipinski definition) is 4. The minimum atomic E-state index is -0.433. The zero-order valence-corrected chi connectivity index (χ0v) is 12.6. The molecule has 1 aromatic heterocycles. The van der Waals surface area contributed by atoms with Gasteiger partial charge in [-0.1, -0.05) is 29.8 Å². The van der Waals surface area contributed by atoms with Gasteiger partial charge in [-0.15, -0.1) is 11.3 Å². The summed E-state index contributed by atoms with van der Waals surface area (Å²) in [5.74, 6) is -0.520. The Hall–Kier alpha value is -2.21. The van der Waals surface area contributed by atoms with E-state index >= 15 is 0 Å². The number of aromatic nitrogens is 1. The Kier molecular flexibility index (Phi) is 5.05. The molecule has 3 N–H and O–H groups in total. The van der Waals surface area contributed by atoms with Crippen LogP contribution >= 0.6 is 11.3 Å². The normalized spacial score (nSPS) is 10.3. The van der Waals surface area contributed by atoms with Gasteiger partial charge in [0.25, 0.3) is 0 Å². The number of carbonyl (C=O) groups excluding carboxylic acids is 2. The lowest BCUT2D eigenvalue weighted by atomic mass is 10.1. The first-order valence-corrected chi connectivity index (χ1v) is 7.49. The number of hydrogen-bond donors (Lipinski definition) is 2. The zero-order chi connectivity index (χ0) is 15.2. The van der Waals surface area contributed by atoms with Crippen molar-refractivity contribution in [1.29, 1.82) is 0 Å². The molecule has 0 aliphatic rings.